The van der Waals surface area contributed by atoms with Crippen molar-refractivity contribution in [1.82, 2.24) is 0 Å². The third kappa shape index (κ3) is 6.88. The first-order chi connectivity index (χ1) is 5.72. The fourth-order valence-electron chi connectivity index (χ4n) is 1.05. The Kier molecular flexibility index (Phi) is 10.1. The first-order valence-electron chi connectivity index (χ1n) is 4.58. The molecule has 0 fully saturated rings. The SMILES string of the molecule is CCCCCCC([O])C(I)CI. The molecule has 0 heterocycles. The standard InChI is InChI=1S/C9H17I2O/c1-2-3-4-5-6-9(12)8(11)7-10/h8-9H,2-7H2,1H3. The molecule has 0 aliphatic heterocycles. The van der Waals surface area contributed by atoms with E-state index in [1.807, 2.05) is 0 Å². The molecular weight excluding hydrogens is 378 g/mol. The highest BCUT2D eigenvalue weighted by Crippen LogP contribution is 2.16. The Hall–Kier alpha value is 1.42. The van der Waals surface area contributed by atoms with E-state index in [0.29, 0.717) is 3.92 Å². The number of rotatable bonds is 7. The highest BCUT2D eigenvalue weighted by atomic mass is 127. The molecular formula is C9H17I2O. The van der Waals surface area contributed by atoms with E-state index in [-0.39, 0.29) is 6.10 Å². The Morgan fingerprint density at radius 1 is 1.25 bits per heavy atom. The average molecular weight is 395 g/mol. The van der Waals surface area contributed by atoms with Crippen molar-refractivity contribution in [2.75, 3.05) is 4.43 Å². The molecule has 2 atom stereocenters. The second-order valence-electron chi connectivity index (χ2n) is 3.06. The van der Waals surface area contributed by atoms with Gasteiger partial charge in [-0.2, -0.15) is 0 Å². The Balaban J connectivity index is 3.24. The van der Waals surface area contributed by atoms with Crippen LogP contribution in [-0.2, 0) is 5.11 Å². The molecule has 73 valence electrons. The molecule has 0 bridgehead atoms. The van der Waals surface area contributed by atoms with Crippen LogP contribution in [0.1, 0.15) is 39.0 Å². The quantitative estimate of drug-likeness (QED) is 0.353. The molecule has 0 aliphatic carbocycles. The van der Waals surface area contributed by atoms with Gasteiger partial charge in [0, 0.05) is 8.35 Å². The zero-order valence-electron chi connectivity index (χ0n) is 7.56. The summed E-state index contributed by atoms with van der Waals surface area (Å²) in [5.41, 5.74) is 0. The average Bonchev–Trinajstić information content (AvgIpc) is 2.10. The third-order valence-electron chi connectivity index (χ3n) is 1.89. The van der Waals surface area contributed by atoms with Crippen molar-refractivity contribution < 1.29 is 5.11 Å². The largest absolute Gasteiger partial charge is 0.232 e. The lowest BCUT2D eigenvalue weighted by Crippen LogP contribution is -2.19. The Labute approximate surface area is 103 Å². The van der Waals surface area contributed by atoms with Crippen LogP contribution in [0.15, 0.2) is 0 Å². The van der Waals surface area contributed by atoms with Crippen molar-refractivity contribution in [1.29, 1.82) is 0 Å². The van der Waals surface area contributed by atoms with Crippen LogP contribution in [0.3, 0.4) is 0 Å². The van der Waals surface area contributed by atoms with E-state index >= 15 is 0 Å². The lowest BCUT2D eigenvalue weighted by Gasteiger charge is -2.11. The molecule has 2 unspecified atom stereocenters. The molecule has 1 nitrogen and oxygen atoms in total. The summed E-state index contributed by atoms with van der Waals surface area (Å²) < 4.78 is 1.31. The summed E-state index contributed by atoms with van der Waals surface area (Å²) in [4.78, 5) is 0. The minimum atomic E-state index is -0.334. The number of unbranched alkanes of at least 4 members (excludes halogenated alkanes) is 3. The maximum Gasteiger partial charge on any atom is 0.105 e. The first kappa shape index (κ1) is 13.4. The van der Waals surface area contributed by atoms with Crippen molar-refractivity contribution in [2.24, 2.45) is 0 Å². The van der Waals surface area contributed by atoms with Gasteiger partial charge in [0.1, 0.15) is 6.10 Å². The van der Waals surface area contributed by atoms with Gasteiger partial charge in [0.2, 0.25) is 0 Å². The summed E-state index contributed by atoms with van der Waals surface area (Å²) >= 11 is 4.56. The van der Waals surface area contributed by atoms with Crippen LogP contribution in [-0.4, -0.2) is 14.5 Å². The molecule has 0 aromatic rings. The number of alkyl halides is 2. The van der Waals surface area contributed by atoms with Gasteiger partial charge in [-0.3, -0.25) is 0 Å². The van der Waals surface area contributed by atoms with E-state index in [0.717, 1.165) is 17.3 Å². The Morgan fingerprint density at radius 3 is 2.42 bits per heavy atom. The zero-order chi connectivity index (χ0) is 9.40. The fourth-order valence-corrected chi connectivity index (χ4v) is 1.98. The summed E-state index contributed by atoms with van der Waals surface area (Å²) in [7, 11) is 0. The van der Waals surface area contributed by atoms with Crippen LogP contribution in [0.25, 0.3) is 0 Å². The van der Waals surface area contributed by atoms with E-state index in [2.05, 4.69) is 52.1 Å². The van der Waals surface area contributed by atoms with Crippen molar-refractivity contribution >= 4 is 45.2 Å². The van der Waals surface area contributed by atoms with E-state index in [1.54, 1.807) is 0 Å². The highest BCUT2D eigenvalue weighted by Gasteiger charge is 2.15. The summed E-state index contributed by atoms with van der Waals surface area (Å²) in [6, 6.07) is 0. The van der Waals surface area contributed by atoms with Crippen LogP contribution < -0.4 is 0 Å². The fraction of sp³-hybridized carbons (Fsp3) is 1.00. The smallest absolute Gasteiger partial charge is 0.105 e. The molecule has 0 spiro atoms. The summed E-state index contributed by atoms with van der Waals surface area (Å²) in [5.74, 6) is 0. The normalized spacial score (nSPS) is 16.0. The number of hydrogen-bond donors (Lipinski definition) is 0. The molecule has 0 amide bonds. The van der Waals surface area contributed by atoms with Crippen LogP contribution in [0.4, 0.5) is 0 Å². The van der Waals surface area contributed by atoms with Gasteiger partial charge in [0.25, 0.3) is 0 Å². The molecule has 0 N–H and O–H groups in total. The van der Waals surface area contributed by atoms with Gasteiger partial charge in [0.15, 0.2) is 0 Å². The van der Waals surface area contributed by atoms with Crippen molar-refractivity contribution in [3.8, 4) is 0 Å². The topological polar surface area (TPSA) is 19.9 Å². The first-order valence-corrected chi connectivity index (χ1v) is 7.35. The van der Waals surface area contributed by atoms with Crippen LogP contribution in [0.2, 0.25) is 0 Å². The van der Waals surface area contributed by atoms with Gasteiger partial charge in [0.05, 0.1) is 0 Å². The lowest BCUT2D eigenvalue weighted by atomic mass is 10.1. The molecule has 0 saturated carbocycles. The van der Waals surface area contributed by atoms with Crippen molar-refractivity contribution in [2.45, 2.75) is 49.1 Å². The molecule has 0 aromatic heterocycles. The number of hydrogen-bond acceptors (Lipinski definition) is 0. The number of halogens is 2. The predicted molar refractivity (Wildman–Crippen MR) is 69.9 cm³/mol. The van der Waals surface area contributed by atoms with Gasteiger partial charge < -0.3 is 0 Å². The van der Waals surface area contributed by atoms with E-state index in [4.69, 9.17) is 0 Å². The molecule has 1 radical (unpaired) electrons. The Morgan fingerprint density at radius 2 is 1.92 bits per heavy atom. The highest BCUT2D eigenvalue weighted by molar-refractivity contribution is 14.1. The summed E-state index contributed by atoms with van der Waals surface area (Å²) in [6.07, 6.45) is 5.43. The molecule has 12 heavy (non-hydrogen) atoms. The molecule has 0 aliphatic rings. The second-order valence-corrected chi connectivity index (χ2v) is 5.54. The van der Waals surface area contributed by atoms with E-state index < -0.39 is 0 Å². The van der Waals surface area contributed by atoms with E-state index in [1.165, 1.54) is 19.3 Å². The maximum atomic E-state index is 11.4. The monoisotopic (exact) mass is 395 g/mol. The van der Waals surface area contributed by atoms with Crippen molar-refractivity contribution in [3.05, 3.63) is 0 Å². The van der Waals surface area contributed by atoms with Crippen LogP contribution in [0, 0.1) is 0 Å². The lowest BCUT2D eigenvalue weighted by molar-refractivity contribution is 0.0851. The predicted octanol–water partition coefficient (Wildman–Crippen LogP) is 3.99. The van der Waals surface area contributed by atoms with Crippen molar-refractivity contribution in [3.63, 3.8) is 0 Å². The minimum Gasteiger partial charge on any atom is -0.232 e. The molecule has 3 heteroatoms. The minimum absolute atomic E-state index is 0.324. The van der Waals surface area contributed by atoms with Gasteiger partial charge in [-0.1, -0.05) is 77.8 Å². The zero-order valence-corrected chi connectivity index (χ0v) is 11.9. The van der Waals surface area contributed by atoms with Gasteiger partial charge in [-0.25, -0.2) is 5.11 Å². The van der Waals surface area contributed by atoms with Gasteiger partial charge >= 0.3 is 0 Å². The van der Waals surface area contributed by atoms with Crippen LogP contribution >= 0.6 is 45.2 Å². The molecule has 0 aromatic carbocycles. The van der Waals surface area contributed by atoms with E-state index in [9.17, 15) is 5.11 Å². The van der Waals surface area contributed by atoms with Crippen LogP contribution in [0.5, 0.6) is 0 Å². The maximum absolute atomic E-state index is 11.4. The summed E-state index contributed by atoms with van der Waals surface area (Å²) in [6.45, 7) is 2.20. The summed E-state index contributed by atoms with van der Waals surface area (Å²) in [5, 5.41) is 11.4. The van der Waals surface area contributed by atoms with Gasteiger partial charge in [-0.05, 0) is 6.42 Å². The molecule has 0 saturated heterocycles. The molecule has 0 rings (SSSR count). The second kappa shape index (κ2) is 8.99. The third-order valence-corrected chi connectivity index (χ3v) is 5.77. The van der Waals surface area contributed by atoms with Gasteiger partial charge in [-0.15, -0.1) is 0 Å². The Bertz CT molecular complexity index is 98.5.